The number of hydrogen-bond donors (Lipinski definition) is 1. The molecule has 2 atom stereocenters. The lowest BCUT2D eigenvalue weighted by Gasteiger charge is -2.27. The van der Waals surface area contributed by atoms with Gasteiger partial charge in [-0.25, -0.2) is 18.3 Å². The summed E-state index contributed by atoms with van der Waals surface area (Å²) >= 11 is 0. The van der Waals surface area contributed by atoms with Crippen LogP contribution >= 0.6 is 0 Å². The summed E-state index contributed by atoms with van der Waals surface area (Å²) in [6, 6.07) is 4.93. The van der Waals surface area contributed by atoms with Crippen LogP contribution in [-0.4, -0.2) is 55.6 Å². The predicted molar refractivity (Wildman–Crippen MR) is 133 cm³/mol. The fourth-order valence-corrected chi connectivity index (χ4v) is 4.55. The minimum atomic E-state index is -2.77. The first-order valence-electron chi connectivity index (χ1n) is 12.2. The summed E-state index contributed by atoms with van der Waals surface area (Å²) in [6.45, 7) is 5.78. The molecule has 190 valence electrons. The van der Waals surface area contributed by atoms with Crippen molar-refractivity contribution in [2.75, 3.05) is 23.4 Å². The van der Waals surface area contributed by atoms with Crippen molar-refractivity contribution in [1.29, 1.82) is 0 Å². The van der Waals surface area contributed by atoms with Crippen LogP contribution in [0.4, 0.5) is 20.3 Å². The Balaban J connectivity index is 0.000000623. The molecule has 0 spiro atoms. The maximum absolute atomic E-state index is 13.7. The molecule has 9 nitrogen and oxygen atoms in total. The molecular weight excluding hydrogens is 468 g/mol. The molecule has 1 N–H and O–H groups in total. The number of carbonyl (C=O) groups excluding carboxylic acids is 1. The van der Waals surface area contributed by atoms with Crippen molar-refractivity contribution in [3.63, 3.8) is 0 Å². The van der Waals surface area contributed by atoms with Gasteiger partial charge < -0.3 is 15.0 Å². The highest BCUT2D eigenvalue weighted by Crippen LogP contribution is 2.33. The van der Waals surface area contributed by atoms with Crippen molar-refractivity contribution in [3.05, 3.63) is 47.9 Å². The van der Waals surface area contributed by atoms with Gasteiger partial charge in [-0.2, -0.15) is 10.2 Å². The van der Waals surface area contributed by atoms with Gasteiger partial charge in [-0.1, -0.05) is 26.7 Å². The average molecular weight is 498 g/mol. The van der Waals surface area contributed by atoms with Crippen LogP contribution in [0.15, 0.2) is 36.8 Å². The van der Waals surface area contributed by atoms with Crippen LogP contribution in [-0.2, 0) is 11.8 Å². The van der Waals surface area contributed by atoms with Gasteiger partial charge in [0.2, 0.25) is 0 Å². The molecule has 1 aromatic carbocycles. The van der Waals surface area contributed by atoms with E-state index in [9.17, 15) is 13.6 Å². The van der Waals surface area contributed by atoms with Crippen molar-refractivity contribution >= 4 is 34.0 Å². The maximum Gasteiger partial charge on any atom is 0.265 e. The molecule has 0 aliphatic carbocycles. The summed E-state index contributed by atoms with van der Waals surface area (Å²) in [4.78, 5) is 19.9. The SMILES string of the molecule is CCCC.Cn1cc2cc(NC(=O)c3cnn4ccc(N5CC6CC5CO6)nc34)c(C(F)F)cc2n1. The quantitative estimate of drug-likeness (QED) is 0.434. The normalized spacial score (nSPS) is 18.8. The molecule has 2 unspecified atom stereocenters. The number of hydrogen-bond acceptors (Lipinski definition) is 6. The number of nitrogens with zero attached hydrogens (tertiary/aromatic N) is 6. The summed E-state index contributed by atoms with van der Waals surface area (Å²) in [5, 5.41) is 11.6. The fraction of sp³-hybridized carbons (Fsp3) is 0.440. The number of fused-ring (bicyclic) bond motifs is 4. The molecule has 2 fully saturated rings. The molecule has 0 saturated carbocycles. The van der Waals surface area contributed by atoms with Crippen LogP contribution < -0.4 is 10.2 Å². The van der Waals surface area contributed by atoms with Crippen LogP contribution in [0, 0.1) is 0 Å². The highest BCUT2D eigenvalue weighted by Gasteiger charge is 2.39. The molecule has 4 aromatic rings. The van der Waals surface area contributed by atoms with Gasteiger partial charge in [-0.15, -0.1) is 0 Å². The third-order valence-electron chi connectivity index (χ3n) is 6.57. The zero-order valence-corrected chi connectivity index (χ0v) is 20.5. The Bertz CT molecular complexity index is 1400. The molecule has 6 rings (SSSR count). The van der Waals surface area contributed by atoms with Gasteiger partial charge in [0.05, 0.1) is 36.2 Å². The van der Waals surface area contributed by atoms with Gasteiger partial charge in [0.15, 0.2) is 5.65 Å². The van der Waals surface area contributed by atoms with E-state index in [2.05, 4.69) is 39.2 Å². The van der Waals surface area contributed by atoms with Crippen molar-refractivity contribution in [3.8, 4) is 0 Å². The van der Waals surface area contributed by atoms with Crippen LogP contribution in [0.2, 0.25) is 0 Å². The Morgan fingerprint density at radius 2 is 2.08 bits per heavy atom. The predicted octanol–water partition coefficient (Wildman–Crippen LogP) is 4.59. The van der Waals surface area contributed by atoms with Crippen molar-refractivity contribution in [2.45, 2.75) is 51.7 Å². The first-order chi connectivity index (χ1) is 17.4. The zero-order valence-electron chi connectivity index (χ0n) is 20.5. The second-order valence-corrected chi connectivity index (χ2v) is 9.17. The second-order valence-electron chi connectivity index (χ2n) is 9.17. The monoisotopic (exact) mass is 497 g/mol. The fourth-order valence-electron chi connectivity index (χ4n) is 4.55. The number of carbonyl (C=O) groups is 1. The molecule has 11 heteroatoms. The van der Waals surface area contributed by atoms with E-state index >= 15 is 0 Å². The lowest BCUT2D eigenvalue weighted by Crippen LogP contribution is -2.37. The topological polar surface area (TPSA) is 89.6 Å². The number of aryl methyl sites for hydroxylation is 1. The van der Waals surface area contributed by atoms with E-state index in [1.165, 1.54) is 40.4 Å². The van der Waals surface area contributed by atoms with E-state index < -0.39 is 12.3 Å². The van der Waals surface area contributed by atoms with Crippen molar-refractivity contribution < 1.29 is 18.3 Å². The maximum atomic E-state index is 13.7. The number of benzene rings is 1. The number of amides is 1. The number of ether oxygens (including phenoxy) is 1. The lowest BCUT2D eigenvalue weighted by molar-refractivity contribution is 0.0988. The summed E-state index contributed by atoms with van der Waals surface area (Å²) < 4.78 is 36.0. The number of nitrogens with one attached hydrogen (secondary N) is 1. The van der Waals surface area contributed by atoms with E-state index in [1.54, 1.807) is 19.4 Å². The minimum absolute atomic E-state index is 0.0370. The van der Waals surface area contributed by atoms with Gasteiger partial charge in [0.1, 0.15) is 11.4 Å². The number of anilines is 2. The smallest absolute Gasteiger partial charge is 0.265 e. The number of alkyl halides is 2. The summed E-state index contributed by atoms with van der Waals surface area (Å²) in [6.07, 6.45) is 5.89. The number of unbranched alkanes of at least 4 members (excludes halogenated alkanes) is 1. The number of morpholine rings is 1. The molecular formula is C25H29F2N7O2. The standard InChI is InChI=1S/C21H19F2N7O2.C4H10/c1-28-8-11-4-17(14(19(22)23)6-16(11)27-28)25-21(31)15-7-24-30-3-2-18(26-20(15)30)29-9-13-5-12(29)10-32-13;1-3-4-2/h2-4,6-8,12-13,19H,5,9-10H2,1H3,(H,25,31);3-4H2,1-2H3. The molecule has 36 heavy (non-hydrogen) atoms. The third kappa shape index (κ3) is 4.50. The highest BCUT2D eigenvalue weighted by atomic mass is 19.3. The van der Waals surface area contributed by atoms with Crippen molar-refractivity contribution in [2.24, 2.45) is 7.05 Å². The Morgan fingerprint density at radius 3 is 2.75 bits per heavy atom. The molecule has 2 saturated heterocycles. The van der Waals surface area contributed by atoms with Gasteiger partial charge in [-0.3, -0.25) is 9.48 Å². The first kappa shape index (κ1) is 24.1. The molecule has 1 amide bonds. The Hall–Kier alpha value is -3.60. The molecule has 2 aliphatic heterocycles. The van der Waals surface area contributed by atoms with E-state index in [4.69, 9.17) is 4.74 Å². The van der Waals surface area contributed by atoms with Gasteiger partial charge in [0, 0.05) is 36.9 Å². The lowest BCUT2D eigenvalue weighted by atomic mass is 10.1. The van der Waals surface area contributed by atoms with Crippen LogP contribution in [0.3, 0.4) is 0 Å². The van der Waals surface area contributed by atoms with Gasteiger partial charge in [0.25, 0.3) is 12.3 Å². The van der Waals surface area contributed by atoms with Crippen LogP contribution in [0.5, 0.6) is 0 Å². The van der Waals surface area contributed by atoms with E-state index in [1.807, 2.05) is 6.07 Å². The molecule has 3 aromatic heterocycles. The molecule has 5 heterocycles. The van der Waals surface area contributed by atoms with Crippen molar-refractivity contribution in [1.82, 2.24) is 24.4 Å². The summed E-state index contributed by atoms with van der Waals surface area (Å²) in [5.41, 5.74) is 0.758. The van der Waals surface area contributed by atoms with Crippen LogP contribution in [0.1, 0.15) is 55.5 Å². The largest absolute Gasteiger partial charge is 0.374 e. The summed E-state index contributed by atoms with van der Waals surface area (Å²) in [7, 11) is 1.71. The molecule has 2 aliphatic rings. The Kier molecular flexibility index (Phi) is 6.57. The third-order valence-corrected chi connectivity index (χ3v) is 6.57. The van der Waals surface area contributed by atoms with E-state index in [-0.39, 0.29) is 29.0 Å². The Labute approximate surface area is 207 Å². The van der Waals surface area contributed by atoms with E-state index in [0.717, 1.165) is 18.8 Å². The molecule has 0 radical (unpaired) electrons. The highest BCUT2D eigenvalue weighted by molar-refractivity contribution is 6.09. The number of aromatic nitrogens is 5. The van der Waals surface area contributed by atoms with E-state index in [0.29, 0.717) is 23.2 Å². The Morgan fingerprint density at radius 1 is 1.28 bits per heavy atom. The average Bonchev–Trinajstić information content (AvgIpc) is 3.65. The van der Waals surface area contributed by atoms with Gasteiger partial charge >= 0.3 is 0 Å². The number of rotatable bonds is 5. The van der Waals surface area contributed by atoms with Gasteiger partial charge in [-0.05, 0) is 24.6 Å². The zero-order chi connectivity index (χ0) is 25.4. The molecule has 2 bridgehead atoms. The second kappa shape index (κ2) is 9.81. The number of halogens is 2. The van der Waals surface area contributed by atoms with Crippen LogP contribution in [0.25, 0.3) is 16.6 Å². The minimum Gasteiger partial charge on any atom is -0.374 e. The first-order valence-corrected chi connectivity index (χ1v) is 12.2. The summed E-state index contributed by atoms with van der Waals surface area (Å²) in [5.74, 6) is 0.189.